The van der Waals surface area contributed by atoms with Crippen molar-refractivity contribution < 1.29 is 28.9 Å². The SMILES string of the molecule is COc1ccc(OC(=O)N(CC(=O)O)Cc2ccc(OCCNCc3nc4ccccc4s3)cc2)cc1. The third-order valence-electron chi connectivity index (χ3n) is 5.31. The fraction of sp³-hybridized carbons (Fsp3) is 0.222. The largest absolute Gasteiger partial charge is 0.497 e. The van der Waals surface area contributed by atoms with E-state index in [1.54, 1.807) is 59.9 Å². The number of carbonyl (C=O) groups excluding carboxylic acids is 1. The lowest BCUT2D eigenvalue weighted by atomic mass is 10.2. The van der Waals surface area contributed by atoms with Crippen molar-refractivity contribution in [2.24, 2.45) is 0 Å². The maximum absolute atomic E-state index is 12.6. The fourth-order valence-electron chi connectivity index (χ4n) is 3.50. The number of ether oxygens (including phenoxy) is 3. The number of para-hydroxylation sites is 1. The molecule has 0 spiro atoms. The van der Waals surface area contributed by atoms with Crippen LogP contribution in [-0.2, 0) is 17.9 Å². The van der Waals surface area contributed by atoms with Gasteiger partial charge in [-0.2, -0.15) is 0 Å². The van der Waals surface area contributed by atoms with Gasteiger partial charge >= 0.3 is 12.1 Å². The molecule has 1 amide bonds. The summed E-state index contributed by atoms with van der Waals surface area (Å²) in [7, 11) is 1.54. The van der Waals surface area contributed by atoms with Crippen LogP contribution in [-0.4, -0.2) is 53.9 Å². The first-order valence-electron chi connectivity index (χ1n) is 11.6. The number of methoxy groups -OCH3 is 1. The van der Waals surface area contributed by atoms with E-state index in [0.29, 0.717) is 36.9 Å². The van der Waals surface area contributed by atoms with Crippen LogP contribution in [0.2, 0.25) is 0 Å². The lowest BCUT2D eigenvalue weighted by Crippen LogP contribution is -2.37. The molecule has 1 heterocycles. The number of nitrogens with one attached hydrogen (secondary N) is 1. The summed E-state index contributed by atoms with van der Waals surface area (Å²) in [6.07, 6.45) is -0.757. The molecule has 0 saturated carbocycles. The molecule has 0 unspecified atom stereocenters. The number of rotatable bonds is 12. The van der Waals surface area contributed by atoms with Crippen LogP contribution in [0.1, 0.15) is 10.6 Å². The first-order chi connectivity index (χ1) is 18.0. The predicted octanol–water partition coefficient (Wildman–Crippen LogP) is 4.56. The molecule has 0 aliphatic carbocycles. The Morgan fingerprint density at radius 2 is 1.68 bits per heavy atom. The second-order valence-electron chi connectivity index (χ2n) is 8.04. The molecule has 3 aromatic carbocycles. The summed E-state index contributed by atoms with van der Waals surface area (Å²) in [5.74, 6) is 0.455. The normalized spacial score (nSPS) is 10.7. The summed E-state index contributed by atoms with van der Waals surface area (Å²) >= 11 is 1.67. The number of fused-ring (bicyclic) bond motifs is 1. The Kier molecular flexibility index (Phi) is 8.90. The number of benzene rings is 3. The Bertz CT molecular complexity index is 1290. The molecule has 192 valence electrons. The number of amides is 1. The van der Waals surface area contributed by atoms with Crippen LogP contribution >= 0.6 is 11.3 Å². The van der Waals surface area contributed by atoms with Gasteiger partial charge in [-0.1, -0.05) is 24.3 Å². The number of thiazole rings is 1. The first kappa shape index (κ1) is 25.9. The molecule has 10 heteroatoms. The highest BCUT2D eigenvalue weighted by Gasteiger charge is 2.19. The Labute approximate surface area is 218 Å². The Morgan fingerprint density at radius 3 is 2.38 bits per heavy atom. The van der Waals surface area contributed by atoms with Gasteiger partial charge in [-0.3, -0.25) is 9.69 Å². The maximum atomic E-state index is 12.6. The molecule has 9 nitrogen and oxygen atoms in total. The van der Waals surface area contributed by atoms with Gasteiger partial charge in [0.15, 0.2) is 0 Å². The summed E-state index contributed by atoms with van der Waals surface area (Å²) in [4.78, 5) is 29.6. The molecular formula is C27H27N3O6S. The minimum atomic E-state index is -1.13. The molecular weight excluding hydrogens is 494 g/mol. The van der Waals surface area contributed by atoms with E-state index in [9.17, 15) is 14.7 Å². The third kappa shape index (κ3) is 7.66. The second kappa shape index (κ2) is 12.7. The number of carboxylic acid groups (broad SMARTS) is 1. The number of carboxylic acids is 1. The van der Waals surface area contributed by atoms with E-state index in [1.807, 2.05) is 18.2 Å². The van der Waals surface area contributed by atoms with Crippen LogP contribution in [0.15, 0.2) is 72.8 Å². The zero-order chi connectivity index (χ0) is 26.0. The van der Waals surface area contributed by atoms with Crippen LogP contribution in [0.5, 0.6) is 17.2 Å². The molecule has 1 aromatic heterocycles. The number of hydrogen-bond acceptors (Lipinski definition) is 8. The number of aliphatic carboxylic acids is 1. The minimum Gasteiger partial charge on any atom is -0.497 e. The number of hydrogen-bond donors (Lipinski definition) is 2. The van der Waals surface area contributed by atoms with Crippen molar-refractivity contribution in [3.8, 4) is 17.2 Å². The topological polar surface area (TPSA) is 110 Å². The van der Waals surface area contributed by atoms with Crippen molar-refractivity contribution in [3.05, 3.63) is 83.4 Å². The molecule has 0 fully saturated rings. The van der Waals surface area contributed by atoms with Gasteiger partial charge in [0, 0.05) is 19.6 Å². The fourth-order valence-corrected chi connectivity index (χ4v) is 4.44. The van der Waals surface area contributed by atoms with E-state index in [2.05, 4.69) is 16.4 Å². The number of nitrogens with zero attached hydrogens (tertiary/aromatic N) is 2. The zero-order valence-electron chi connectivity index (χ0n) is 20.3. The average Bonchev–Trinajstić information content (AvgIpc) is 3.32. The van der Waals surface area contributed by atoms with Crippen molar-refractivity contribution in [1.29, 1.82) is 0 Å². The summed E-state index contributed by atoms with van der Waals surface area (Å²) < 4.78 is 17.4. The van der Waals surface area contributed by atoms with E-state index in [4.69, 9.17) is 14.2 Å². The Balaban J connectivity index is 1.24. The molecule has 4 rings (SSSR count). The van der Waals surface area contributed by atoms with Crippen molar-refractivity contribution >= 4 is 33.6 Å². The van der Waals surface area contributed by atoms with Crippen molar-refractivity contribution in [3.63, 3.8) is 0 Å². The quantitative estimate of drug-likeness (QED) is 0.261. The highest BCUT2D eigenvalue weighted by Crippen LogP contribution is 2.21. The summed E-state index contributed by atoms with van der Waals surface area (Å²) in [5, 5.41) is 13.6. The summed E-state index contributed by atoms with van der Waals surface area (Å²) in [5.41, 5.74) is 1.76. The van der Waals surface area contributed by atoms with Gasteiger partial charge in [-0.15, -0.1) is 11.3 Å². The number of aromatic nitrogens is 1. The Hall–Kier alpha value is -4.15. The van der Waals surface area contributed by atoms with Crippen molar-refractivity contribution in [2.75, 3.05) is 26.8 Å². The molecule has 37 heavy (non-hydrogen) atoms. The molecule has 0 atom stereocenters. The average molecular weight is 522 g/mol. The standard InChI is InChI=1S/C27H27N3O6S/c1-34-20-10-12-22(13-11-20)36-27(33)30(18-26(31)32)17-19-6-8-21(9-7-19)35-15-14-28-16-25-29-23-4-2-3-5-24(23)37-25/h2-13,28H,14-18H2,1H3,(H,31,32). The monoisotopic (exact) mass is 521 g/mol. The molecule has 0 radical (unpaired) electrons. The van der Waals surface area contributed by atoms with Crippen LogP contribution in [0.3, 0.4) is 0 Å². The molecule has 0 saturated heterocycles. The van der Waals surface area contributed by atoms with E-state index in [0.717, 1.165) is 21.0 Å². The highest BCUT2D eigenvalue weighted by molar-refractivity contribution is 7.18. The maximum Gasteiger partial charge on any atom is 0.416 e. The van der Waals surface area contributed by atoms with E-state index < -0.39 is 18.6 Å². The van der Waals surface area contributed by atoms with Gasteiger partial charge in [0.1, 0.15) is 35.4 Å². The van der Waals surface area contributed by atoms with Crippen LogP contribution in [0.25, 0.3) is 10.2 Å². The molecule has 0 aliphatic heterocycles. The van der Waals surface area contributed by atoms with Crippen LogP contribution < -0.4 is 19.5 Å². The highest BCUT2D eigenvalue weighted by atomic mass is 32.1. The van der Waals surface area contributed by atoms with Gasteiger partial charge in [-0.25, -0.2) is 9.78 Å². The van der Waals surface area contributed by atoms with E-state index >= 15 is 0 Å². The minimum absolute atomic E-state index is 0.0747. The van der Waals surface area contributed by atoms with E-state index in [-0.39, 0.29) is 6.54 Å². The Morgan fingerprint density at radius 1 is 0.973 bits per heavy atom. The predicted molar refractivity (Wildman–Crippen MR) is 140 cm³/mol. The van der Waals surface area contributed by atoms with Crippen molar-refractivity contribution in [1.82, 2.24) is 15.2 Å². The van der Waals surface area contributed by atoms with Crippen molar-refractivity contribution in [2.45, 2.75) is 13.1 Å². The first-order valence-corrected chi connectivity index (χ1v) is 12.4. The molecule has 0 bridgehead atoms. The lowest BCUT2D eigenvalue weighted by molar-refractivity contribution is -0.138. The molecule has 2 N–H and O–H groups in total. The van der Waals surface area contributed by atoms with Gasteiger partial charge < -0.3 is 24.6 Å². The smallest absolute Gasteiger partial charge is 0.416 e. The summed E-state index contributed by atoms with van der Waals surface area (Å²) in [6, 6.07) is 21.7. The van der Waals surface area contributed by atoms with Gasteiger partial charge in [0.2, 0.25) is 0 Å². The van der Waals surface area contributed by atoms with Gasteiger partial charge in [-0.05, 0) is 54.1 Å². The molecule has 0 aliphatic rings. The number of carbonyl (C=O) groups is 2. The third-order valence-corrected chi connectivity index (χ3v) is 6.34. The van der Waals surface area contributed by atoms with E-state index in [1.165, 1.54) is 11.8 Å². The van der Waals surface area contributed by atoms with Gasteiger partial charge in [0.25, 0.3) is 0 Å². The zero-order valence-corrected chi connectivity index (χ0v) is 21.1. The second-order valence-corrected chi connectivity index (χ2v) is 9.15. The van der Waals surface area contributed by atoms with Crippen LogP contribution in [0.4, 0.5) is 4.79 Å². The molecule has 4 aromatic rings. The van der Waals surface area contributed by atoms with Crippen LogP contribution in [0, 0.1) is 0 Å². The lowest BCUT2D eigenvalue weighted by Gasteiger charge is -2.20. The summed E-state index contributed by atoms with van der Waals surface area (Å²) in [6.45, 7) is 1.39. The van der Waals surface area contributed by atoms with Gasteiger partial charge in [0.05, 0.1) is 17.3 Å².